The van der Waals surface area contributed by atoms with Crippen molar-refractivity contribution in [3.63, 3.8) is 0 Å². The molecule has 1 aliphatic rings. The average molecular weight is 339 g/mol. The van der Waals surface area contributed by atoms with Crippen LogP contribution in [0.5, 0.6) is 0 Å². The molecule has 3 heterocycles. The summed E-state index contributed by atoms with van der Waals surface area (Å²) in [6.07, 6.45) is 7.96. The maximum Gasteiger partial charge on any atom is 0.222 e. The van der Waals surface area contributed by atoms with E-state index in [0.717, 1.165) is 37.4 Å². The molecule has 25 heavy (non-hydrogen) atoms. The first-order valence-corrected chi connectivity index (χ1v) is 8.89. The Labute approximate surface area is 148 Å². The fraction of sp³-hybridized carbons (Fsp3) is 0.474. The monoisotopic (exact) mass is 339 g/mol. The van der Waals surface area contributed by atoms with E-state index in [9.17, 15) is 4.79 Å². The summed E-state index contributed by atoms with van der Waals surface area (Å²) in [5.74, 6) is 2.32. The number of hydrogen-bond acceptors (Lipinski definition) is 5. The summed E-state index contributed by atoms with van der Waals surface area (Å²) in [6.45, 7) is 5.76. The normalized spacial score (nSPS) is 17.6. The van der Waals surface area contributed by atoms with Crippen molar-refractivity contribution in [2.24, 2.45) is 5.92 Å². The molecule has 1 amide bonds. The van der Waals surface area contributed by atoms with Crippen LogP contribution in [-0.2, 0) is 4.79 Å². The van der Waals surface area contributed by atoms with Crippen molar-refractivity contribution >= 4 is 17.5 Å². The molecule has 1 unspecified atom stereocenters. The van der Waals surface area contributed by atoms with Gasteiger partial charge in [-0.05, 0) is 30.9 Å². The number of likely N-dealkylation sites (tertiary alicyclic amines) is 1. The van der Waals surface area contributed by atoms with Crippen LogP contribution in [0.25, 0.3) is 0 Å². The lowest BCUT2D eigenvalue weighted by Gasteiger charge is -2.33. The van der Waals surface area contributed by atoms with E-state index in [0.29, 0.717) is 18.2 Å². The molecule has 0 spiro atoms. The SMILES string of the molecule is CC(C)CC(=O)N1CCCC(c2cnc(Nc3ccccn3)cn2)C1. The number of nitrogens with zero attached hydrogens (tertiary/aromatic N) is 4. The van der Waals surface area contributed by atoms with E-state index in [1.165, 1.54) is 0 Å². The third-order valence-corrected chi connectivity index (χ3v) is 4.37. The summed E-state index contributed by atoms with van der Waals surface area (Å²) in [4.78, 5) is 27.5. The molecule has 0 radical (unpaired) electrons. The molecule has 3 rings (SSSR count). The number of anilines is 2. The van der Waals surface area contributed by atoms with Gasteiger partial charge in [-0.2, -0.15) is 0 Å². The number of nitrogens with one attached hydrogen (secondary N) is 1. The van der Waals surface area contributed by atoms with Gasteiger partial charge in [-0.3, -0.25) is 9.78 Å². The Morgan fingerprint density at radius 3 is 2.80 bits per heavy atom. The minimum absolute atomic E-state index is 0.251. The van der Waals surface area contributed by atoms with Crippen LogP contribution in [0.2, 0.25) is 0 Å². The van der Waals surface area contributed by atoms with Gasteiger partial charge in [0.25, 0.3) is 0 Å². The molecule has 0 aromatic carbocycles. The van der Waals surface area contributed by atoms with Gasteiger partial charge in [0.1, 0.15) is 11.6 Å². The molecule has 1 atom stereocenters. The molecule has 2 aromatic heterocycles. The van der Waals surface area contributed by atoms with Gasteiger partial charge < -0.3 is 10.2 Å². The molecule has 1 saturated heterocycles. The van der Waals surface area contributed by atoms with Crippen LogP contribution < -0.4 is 5.32 Å². The minimum Gasteiger partial charge on any atom is -0.342 e. The van der Waals surface area contributed by atoms with Crippen LogP contribution in [0, 0.1) is 5.92 Å². The number of amides is 1. The van der Waals surface area contributed by atoms with Crippen LogP contribution in [0.4, 0.5) is 11.6 Å². The van der Waals surface area contributed by atoms with Crippen molar-refractivity contribution in [1.29, 1.82) is 0 Å². The highest BCUT2D eigenvalue weighted by Crippen LogP contribution is 2.26. The summed E-state index contributed by atoms with van der Waals surface area (Å²) in [6, 6.07) is 5.67. The summed E-state index contributed by atoms with van der Waals surface area (Å²) in [5, 5.41) is 3.13. The zero-order chi connectivity index (χ0) is 17.6. The number of aromatic nitrogens is 3. The predicted octanol–water partition coefficient (Wildman–Crippen LogP) is 3.37. The van der Waals surface area contributed by atoms with Crippen molar-refractivity contribution in [2.45, 2.75) is 39.0 Å². The van der Waals surface area contributed by atoms with Gasteiger partial charge in [-0.25, -0.2) is 9.97 Å². The Bertz CT molecular complexity index is 687. The van der Waals surface area contributed by atoms with Crippen LogP contribution >= 0.6 is 0 Å². The van der Waals surface area contributed by atoms with Crippen LogP contribution in [0.3, 0.4) is 0 Å². The number of carbonyl (C=O) groups excluding carboxylic acids is 1. The second-order valence-electron chi connectivity index (χ2n) is 6.94. The van der Waals surface area contributed by atoms with Crippen molar-refractivity contribution in [3.8, 4) is 0 Å². The number of hydrogen-bond donors (Lipinski definition) is 1. The highest BCUT2D eigenvalue weighted by molar-refractivity contribution is 5.76. The molecule has 0 saturated carbocycles. The van der Waals surface area contributed by atoms with Gasteiger partial charge in [0.15, 0.2) is 0 Å². The average Bonchev–Trinajstić information content (AvgIpc) is 2.63. The second kappa shape index (κ2) is 8.05. The Hall–Kier alpha value is -2.50. The highest BCUT2D eigenvalue weighted by Gasteiger charge is 2.26. The first-order chi connectivity index (χ1) is 12.1. The maximum atomic E-state index is 12.3. The van der Waals surface area contributed by atoms with Crippen molar-refractivity contribution in [2.75, 3.05) is 18.4 Å². The summed E-state index contributed by atoms with van der Waals surface area (Å²) >= 11 is 0. The molecule has 2 aromatic rings. The summed E-state index contributed by atoms with van der Waals surface area (Å²) in [7, 11) is 0. The molecular weight excluding hydrogens is 314 g/mol. The smallest absolute Gasteiger partial charge is 0.222 e. The van der Waals surface area contributed by atoms with Gasteiger partial charge in [0, 0.05) is 31.6 Å². The van der Waals surface area contributed by atoms with Crippen LogP contribution in [-0.4, -0.2) is 38.8 Å². The molecule has 132 valence electrons. The van der Waals surface area contributed by atoms with E-state index in [1.807, 2.05) is 29.3 Å². The molecule has 1 aliphatic heterocycles. The van der Waals surface area contributed by atoms with Gasteiger partial charge in [0.05, 0.1) is 18.1 Å². The number of carbonyl (C=O) groups is 1. The van der Waals surface area contributed by atoms with E-state index in [2.05, 4.69) is 34.1 Å². The van der Waals surface area contributed by atoms with Crippen LogP contribution in [0.15, 0.2) is 36.8 Å². The second-order valence-corrected chi connectivity index (χ2v) is 6.94. The van der Waals surface area contributed by atoms with Gasteiger partial charge in [-0.1, -0.05) is 19.9 Å². The van der Waals surface area contributed by atoms with Gasteiger partial charge >= 0.3 is 0 Å². The molecule has 0 bridgehead atoms. The van der Waals surface area contributed by atoms with Gasteiger partial charge in [-0.15, -0.1) is 0 Å². The Balaban J connectivity index is 1.62. The fourth-order valence-electron chi connectivity index (χ4n) is 3.10. The topological polar surface area (TPSA) is 71.0 Å². The van der Waals surface area contributed by atoms with E-state index in [-0.39, 0.29) is 11.8 Å². The zero-order valence-electron chi connectivity index (χ0n) is 14.9. The Kier molecular flexibility index (Phi) is 5.58. The van der Waals surface area contributed by atoms with E-state index in [4.69, 9.17) is 0 Å². The van der Waals surface area contributed by atoms with Crippen molar-refractivity contribution in [1.82, 2.24) is 19.9 Å². The highest BCUT2D eigenvalue weighted by atomic mass is 16.2. The number of pyridine rings is 1. The first kappa shape index (κ1) is 17.3. The lowest BCUT2D eigenvalue weighted by Crippen LogP contribution is -2.39. The van der Waals surface area contributed by atoms with Gasteiger partial charge in [0.2, 0.25) is 5.91 Å². The number of rotatable bonds is 5. The van der Waals surface area contributed by atoms with Crippen molar-refractivity contribution < 1.29 is 4.79 Å². The molecule has 0 aliphatic carbocycles. The minimum atomic E-state index is 0.251. The summed E-state index contributed by atoms with van der Waals surface area (Å²) in [5.41, 5.74) is 0.952. The molecule has 1 N–H and O–H groups in total. The zero-order valence-corrected chi connectivity index (χ0v) is 14.9. The van der Waals surface area contributed by atoms with E-state index in [1.54, 1.807) is 12.4 Å². The third-order valence-electron chi connectivity index (χ3n) is 4.37. The molecule has 1 fully saturated rings. The van der Waals surface area contributed by atoms with Crippen molar-refractivity contribution in [3.05, 3.63) is 42.5 Å². The van der Waals surface area contributed by atoms with E-state index < -0.39 is 0 Å². The largest absolute Gasteiger partial charge is 0.342 e. The third kappa shape index (κ3) is 4.75. The summed E-state index contributed by atoms with van der Waals surface area (Å²) < 4.78 is 0. The molecule has 6 heteroatoms. The first-order valence-electron chi connectivity index (χ1n) is 8.89. The molecule has 6 nitrogen and oxygen atoms in total. The number of piperidine rings is 1. The predicted molar refractivity (Wildman–Crippen MR) is 97.6 cm³/mol. The quantitative estimate of drug-likeness (QED) is 0.904. The van der Waals surface area contributed by atoms with Crippen LogP contribution in [0.1, 0.15) is 44.7 Å². The molecular formula is C19H25N5O. The lowest BCUT2D eigenvalue weighted by molar-refractivity contribution is -0.133. The Morgan fingerprint density at radius 1 is 1.24 bits per heavy atom. The Morgan fingerprint density at radius 2 is 2.12 bits per heavy atom. The standard InChI is InChI=1S/C19H25N5O/c1-14(2)10-19(25)24-9-5-6-15(13-24)16-11-22-18(12-21-16)23-17-7-3-4-8-20-17/h3-4,7-8,11-12,14-15H,5-6,9-10,13H2,1-2H3,(H,20,22,23). The van der Waals surface area contributed by atoms with E-state index >= 15 is 0 Å². The fourth-order valence-corrected chi connectivity index (χ4v) is 3.10. The maximum absolute atomic E-state index is 12.3. The lowest BCUT2D eigenvalue weighted by atomic mass is 9.94.